The molecule has 1 amide bonds. The normalized spacial score (nSPS) is 19.8. The Hall–Kier alpha value is -2.49. The van der Waals surface area contributed by atoms with Crippen LogP contribution in [0.25, 0.3) is 0 Å². The predicted molar refractivity (Wildman–Crippen MR) is 196 cm³/mol. The van der Waals surface area contributed by atoms with E-state index in [9.17, 15) is 19.5 Å². The number of benzene rings is 1. The topological polar surface area (TPSA) is 110 Å². The molecule has 9 heteroatoms. The number of esters is 1. The number of nitrogens with zero attached hydrogens (tertiary/aromatic N) is 3. The maximum Gasteiger partial charge on any atom is 0.309 e. The van der Waals surface area contributed by atoms with Crippen LogP contribution in [0.1, 0.15) is 96.6 Å². The van der Waals surface area contributed by atoms with Crippen LogP contribution >= 0.6 is 0 Å². The molecule has 0 saturated heterocycles. The summed E-state index contributed by atoms with van der Waals surface area (Å²) in [6.45, 7) is 15.8. The van der Waals surface area contributed by atoms with E-state index < -0.39 is 23.7 Å². The van der Waals surface area contributed by atoms with E-state index in [2.05, 4.69) is 87.3 Å². The van der Waals surface area contributed by atoms with Gasteiger partial charge < -0.3 is 33.8 Å². The fourth-order valence-corrected chi connectivity index (χ4v) is 7.66. The monoisotopic (exact) mass is 689 g/mol. The van der Waals surface area contributed by atoms with E-state index in [1.807, 2.05) is 13.8 Å². The standard InChI is InChI=1S/C40H71N4O5/c1-12-31(38(41)45)25-37(39(46)47)36-18-16-17-33(36)24-34(32-21-19-30(20-22-32)26-42(6,7)13-2)23-29(5)40(48)49-35(27-43(8,9)14-3)28-44(10,11)15-4/h19-22,29,31,33-37H,12-18,23-28H2,1-11H3,(H-2,41,45,46,47)/q+1/p+1. The summed E-state index contributed by atoms with van der Waals surface area (Å²) in [6, 6.07) is 8.83. The van der Waals surface area contributed by atoms with Crippen LogP contribution < -0.4 is 10.8 Å². The molecule has 0 aromatic heterocycles. The average molecular weight is 689 g/mol. The van der Waals surface area contributed by atoms with Crippen LogP contribution in [0.4, 0.5) is 0 Å². The van der Waals surface area contributed by atoms with Crippen LogP contribution in [0.15, 0.2) is 24.3 Å². The second kappa shape index (κ2) is 18.7. The highest BCUT2D eigenvalue weighted by Gasteiger charge is 2.39. The van der Waals surface area contributed by atoms with Gasteiger partial charge in [0.1, 0.15) is 19.6 Å². The van der Waals surface area contributed by atoms with Crippen LogP contribution in [0.2, 0.25) is 0 Å². The van der Waals surface area contributed by atoms with E-state index in [4.69, 9.17) is 10.5 Å². The minimum atomic E-state index is -1.08. The van der Waals surface area contributed by atoms with E-state index in [0.717, 1.165) is 78.4 Å². The second-order valence-electron chi connectivity index (χ2n) is 17.2. The molecule has 0 spiro atoms. The smallest absolute Gasteiger partial charge is 0.309 e. The Kier molecular flexibility index (Phi) is 16.3. The van der Waals surface area contributed by atoms with Crippen LogP contribution in [0.3, 0.4) is 0 Å². The molecule has 2 rings (SSSR count). The van der Waals surface area contributed by atoms with Gasteiger partial charge in [-0.3, -0.25) is 9.59 Å². The summed E-state index contributed by atoms with van der Waals surface area (Å²) in [6.07, 6.45) is 4.61. The number of hydrogen-bond donors (Lipinski definition) is 1. The first kappa shape index (κ1) is 42.7. The number of amides is 1. The SMILES string of the molecule is CCC(CC(C(=O)[O-])C1CCCC1CC(CC(C)C(=O)OC(C[N+](C)(C)CC)C[N+](C)(C)CC)c1ccc(C[N+](C)(C)CC)cc1)C(N)=O. The zero-order valence-electron chi connectivity index (χ0n) is 33.0. The zero-order valence-corrected chi connectivity index (χ0v) is 33.0. The molecule has 1 saturated carbocycles. The Labute approximate surface area is 298 Å². The van der Waals surface area contributed by atoms with Crippen molar-refractivity contribution in [2.45, 2.75) is 98.1 Å². The summed E-state index contributed by atoms with van der Waals surface area (Å²) in [5, 5.41) is 12.5. The van der Waals surface area contributed by atoms with Crippen LogP contribution in [-0.2, 0) is 25.7 Å². The molecular weight excluding hydrogens is 616 g/mol. The minimum absolute atomic E-state index is 0.0561. The summed E-state index contributed by atoms with van der Waals surface area (Å²) in [4.78, 5) is 38.5. The van der Waals surface area contributed by atoms with Gasteiger partial charge in [-0.15, -0.1) is 0 Å². The number of rotatable bonds is 22. The van der Waals surface area contributed by atoms with E-state index in [-0.39, 0.29) is 42.2 Å². The number of primary amides is 1. The lowest BCUT2D eigenvalue weighted by Crippen LogP contribution is -2.54. The van der Waals surface area contributed by atoms with Gasteiger partial charge in [-0.2, -0.15) is 0 Å². The van der Waals surface area contributed by atoms with Crippen molar-refractivity contribution in [1.29, 1.82) is 0 Å². The van der Waals surface area contributed by atoms with Crippen molar-refractivity contribution in [3.63, 3.8) is 0 Å². The summed E-state index contributed by atoms with van der Waals surface area (Å²) in [5.74, 6) is -3.10. The Bertz CT molecular complexity index is 1180. The van der Waals surface area contributed by atoms with Crippen molar-refractivity contribution >= 4 is 17.8 Å². The first-order valence-electron chi connectivity index (χ1n) is 19.0. The average Bonchev–Trinajstić information content (AvgIpc) is 3.48. The Balaban J connectivity index is 2.39. The number of carboxylic acids is 1. The van der Waals surface area contributed by atoms with Gasteiger partial charge in [0.2, 0.25) is 5.91 Å². The fourth-order valence-electron chi connectivity index (χ4n) is 7.66. The number of ether oxygens (including phenoxy) is 1. The van der Waals surface area contributed by atoms with Gasteiger partial charge in [0.15, 0.2) is 6.10 Å². The third-order valence-electron chi connectivity index (χ3n) is 11.9. The lowest BCUT2D eigenvalue weighted by atomic mass is 9.73. The van der Waals surface area contributed by atoms with Gasteiger partial charge in [-0.25, -0.2) is 0 Å². The molecule has 1 aromatic carbocycles. The highest BCUT2D eigenvalue weighted by Crippen LogP contribution is 2.45. The number of hydrogen-bond acceptors (Lipinski definition) is 5. The highest BCUT2D eigenvalue weighted by atomic mass is 16.5. The molecule has 0 aliphatic heterocycles. The number of likely N-dealkylation sites (N-methyl/N-ethyl adjacent to an activating group) is 2. The molecule has 6 atom stereocenters. The predicted octanol–water partition coefficient (Wildman–Crippen LogP) is 4.57. The van der Waals surface area contributed by atoms with Crippen LogP contribution in [-0.4, -0.2) is 112 Å². The molecule has 1 aliphatic rings. The molecular formula is C40H72N4O5+2. The number of carbonyl (C=O) groups is 3. The molecule has 6 unspecified atom stereocenters. The Morgan fingerprint density at radius 2 is 1.41 bits per heavy atom. The molecule has 2 N–H and O–H groups in total. The quantitative estimate of drug-likeness (QED) is 0.142. The lowest BCUT2D eigenvalue weighted by molar-refractivity contribution is -0.912. The van der Waals surface area contributed by atoms with Gasteiger partial charge in [-0.1, -0.05) is 51.0 Å². The second-order valence-corrected chi connectivity index (χ2v) is 17.2. The number of carbonyl (C=O) groups excluding carboxylic acids is 3. The molecule has 0 heterocycles. The van der Waals surface area contributed by atoms with Gasteiger partial charge in [0.05, 0.1) is 67.8 Å². The molecule has 1 aromatic rings. The summed E-state index contributed by atoms with van der Waals surface area (Å²) in [5.41, 5.74) is 8.09. The van der Waals surface area contributed by atoms with Crippen LogP contribution in [0, 0.1) is 29.6 Å². The Morgan fingerprint density at radius 1 is 0.857 bits per heavy atom. The van der Waals surface area contributed by atoms with Crippen molar-refractivity contribution < 1.29 is 37.7 Å². The molecule has 49 heavy (non-hydrogen) atoms. The van der Waals surface area contributed by atoms with Gasteiger partial charge in [-0.05, 0) is 76.2 Å². The van der Waals surface area contributed by atoms with Gasteiger partial charge in [0, 0.05) is 23.4 Å². The van der Waals surface area contributed by atoms with Crippen molar-refractivity contribution in [2.24, 2.45) is 35.3 Å². The summed E-state index contributed by atoms with van der Waals surface area (Å²) in [7, 11) is 13.2. The molecule has 1 aliphatic carbocycles. The van der Waals surface area contributed by atoms with E-state index in [0.29, 0.717) is 12.8 Å². The summed E-state index contributed by atoms with van der Waals surface area (Å²) < 4.78 is 8.79. The van der Waals surface area contributed by atoms with E-state index in [1.165, 1.54) is 11.1 Å². The summed E-state index contributed by atoms with van der Waals surface area (Å²) >= 11 is 0. The number of quaternary nitrogens is 3. The molecule has 280 valence electrons. The van der Waals surface area contributed by atoms with Crippen LogP contribution in [0.5, 0.6) is 0 Å². The molecule has 0 radical (unpaired) electrons. The molecule has 9 nitrogen and oxygen atoms in total. The molecule has 0 bridgehead atoms. The van der Waals surface area contributed by atoms with Crippen molar-refractivity contribution in [2.75, 3.05) is 75.0 Å². The molecule has 1 fully saturated rings. The van der Waals surface area contributed by atoms with Crippen molar-refractivity contribution in [3.8, 4) is 0 Å². The Morgan fingerprint density at radius 3 is 1.88 bits per heavy atom. The first-order chi connectivity index (χ1) is 22.8. The largest absolute Gasteiger partial charge is 0.550 e. The maximum absolute atomic E-state index is 13.9. The number of nitrogens with two attached hydrogens (primary N) is 1. The zero-order chi connectivity index (χ0) is 37.2. The van der Waals surface area contributed by atoms with E-state index in [1.54, 1.807) is 0 Å². The fraction of sp³-hybridized carbons (Fsp3) is 0.775. The number of aliphatic carboxylic acids is 1. The lowest BCUT2D eigenvalue weighted by Gasteiger charge is -2.37. The minimum Gasteiger partial charge on any atom is -0.550 e. The van der Waals surface area contributed by atoms with E-state index >= 15 is 0 Å². The van der Waals surface area contributed by atoms with Crippen molar-refractivity contribution in [3.05, 3.63) is 35.4 Å². The number of carboxylic acid groups (broad SMARTS) is 1. The third kappa shape index (κ3) is 13.6. The highest BCUT2D eigenvalue weighted by molar-refractivity contribution is 5.77. The maximum atomic E-state index is 13.9. The van der Waals surface area contributed by atoms with Gasteiger partial charge >= 0.3 is 5.97 Å². The van der Waals surface area contributed by atoms with Gasteiger partial charge in [0.25, 0.3) is 0 Å². The van der Waals surface area contributed by atoms with Crippen molar-refractivity contribution in [1.82, 2.24) is 0 Å². The third-order valence-corrected chi connectivity index (χ3v) is 11.9. The first-order valence-corrected chi connectivity index (χ1v) is 19.0.